The van der Waals surface area contributed by atoms with Gasteiger partial charge in [-0.2, -0.15) is 0 Å². The summed E-state index contributed by atoms with van der Waals surface area (Å²) in [6.07, 6.45) is 1.00. The van der Waals surface area contributed by atoms with E-state index in [1.165, 1.54) is 24.3 Å². The number of urea groups is 2. The number of carbonyl (C=O) groups is 3. The van der Waals surface area contributed by atoms with Crippen LogP contribution in [0.25, 0.3) is 0 Å². The van der Waals surface area contributed by atoms with Crippen molar-refractivity contribution in [3.8, 4) is 0 Å². The Morgan fingerprint density at radius 2 is 1.96 bits per heavy atom. The third-order valence-corrected chi connectivity index (χ3v) is 3.76. The van der Waals surface area contributed by atoms with Crippen LogP contribution in [0.5, 0.6) is 0 Å². The van der Waals surface area contributed by atoms with Gasteiger partial charge in [0.1, 0.15) is 5.82 Å². The minimum Gasteiger partial charge on any atom is -0.481 e. The number of carbonyl (C=O) groups excluding carboxylic acids is 2. The van der Waals surface area contributed by atoms with Crippen molar-refractivity contribution in [2.45, 2.75) is 25.3 Å². The Hall–Kier alpha value is -2.84. The summed E-state index contributed by atoms with van der Waals surface area (Å²) in [6, 6.07) is 4.56. The first-order chi connectivity index (χ1) is 11.9. The Kier molecular flexibility index (Phi) is 6.55. The lowest BCUT2D eigenvalue weighted by molar-refractivity contribution is -0.137. The van der Waals surface area contributed by atoms with E-state index in [0.717, 1.165) is 0 Å². The fourth-order valence-electron chi connectivity index (χ4n) is 2.50. The highest BCUT2D eigenvalue weighted by molar-refractivity contribution is 5.89. The molecule has 0 aliphatic carbocycles. The van der Waals surface area contributed by atoms with E-state index in [1.807, 2.05) is 0 Å². The molecule has 4 N–H and O–H groups in total. The number of nitrogens with one attached hydrogen (secondary N) is 3. The molecule has 25 heavy (non-hydrogen) atoms. The molecule has 0 aromatic heterocycles. The molecule has 4 amide bonds. The Morgan fingerprint density at radius 3 is 2.64 bits per heavy atom. The van der Waals surface area contributed by atoms with E-state index in [1.54, 1.807) is 4.90 Å². The number of hydrogen-bond acceptors (Lipinski definition) is 3. The number of benzene rings is 1. The zero-order chi connectivity index (χ0) is 18.2. The van der Waals surface area contributed by atoms with Crippen molar-refractivity contribution in [1.82, 2.24) is 15.5 Å². The predicted octanol–water partition coefficient (Wildman–Crippen LogP) is 1.60. The summed E-state index contributed by atoms with van der Waals surface area (Å²) < 4.78 is 12.8. The molecule has 8 nitrogen and oxygen atoms in total. The summed E-state index contributed by atoms with van der Waals surface area (Å²) in [5, 5.41) is 16.6. The Balaban J connectivity index is 1.69. The summed E-state index contributed by atoms with van der Waals surface area (Å²) in [7, 11) is 0. The summed E-state index contributed by atoms with van der Waals surface area (Å²) in [5.74, 6) is -1.28. The maximum absolute atomic E-state index is 12.8. The number of likely N-dealkylation sites (tertiary alicyclic amines) is 1. The Morgan fingerprint density at radius 1 is 1.24 bits per heavy atom. The molecule has 9 heteroatoms. The van der Waals surface area contributed by atoms with Crippen LogP contribution < -0.4 is 16.0 Å². The van der Waals surface area contributed by atoms with Crippen molar-refractivity contribution < 1.29 is 23.9 Å². The molecule has 1 aromatic rings. The third kappa shape index (κ3) is 6.28. The second-order valence-electron chi connectivity index (χ2n) is 5.77. The minimum absolute atomic E-state index is 0.00795. The van der Waals surface area contributed by atoms with Crippen LogP contribution in [0.4, 0.5) is 19.7 Å². The number of hydrogen-bond donors (Lipinski definition) is 4. The number of halogens is 1. The van der Waals surface area contributed by atoms with Crippen molar-refractivity contribution in [2.24, 2.45) is 0 Å². The molecule has 0 bridgehead atoms. The Labute approximate surface area is 144 Å². The number of carboxylic acids is 1. The monoisotopic (exact) mass is 352 g/mol. The first kappa shape index (κ1) is 18.5. The summed E-state index contributed by atoms with van der Waals surface area (Å²) in [5.41, 5.74) is 0.477. The first-order valence-corrected chi connectivity index (χ1v) is 8.01. The van der Waals surface area contributed by atoms with Gasteiger partial charge in [-0.25, -0.2) is 14.0 Å². The summed E-state index contributed by atoms with van der Waals surface area (Å²) in [6.45, 7) is 1.18. The molecule has 0 spiro atoms. The fraction of sp³-hybridized carbons (Fsp3) is 0.438. The first-order valence-electron chi connectivity index (χ1n) is 8.01. The maximum Gasteiger partial charge on any atom is 0.319 e. The molecule has 1 saturated heterocycles. The number of carboxylic acid groups (broad SMARTS) is 1. The van der Waals surface area contributed by atoms with E-state index >= 15 is 0 Å². The maximum atomic E-state index is 12.8. The zero-order valence-electron chi connectivity index (χ0n) is 13.6. The van der Waals surface area contributed by atoms with Gasteiger partial charge in [0.2, 0.25) is 0 Å². The number of anilines is 1. The normalized spacial score (nSPS) is 16.4. The molecule has 0 saturated carbocycles. The number of nitrogens with zero attached hydrogens (tertiary/aromatic N) is 1. The second-order valence-corrected chi connectivity index (χ2v) is 5.77. The number of amides is 4. The van der Waals surface area contributed by atoms with Gasteiger partial charge in [0.15, 0.2) is 0 Å². The van der Waals surface area contributed by atoms with Crippen molar-refractivity contribution in [2.75, 3.05) is 25.0 Å². The van der Waals surface area contributed by atoms with Crippen LogP contribution in [0.15, 0.2) is 24.3 Å². The largest absolute Gasteiger partial charge is 0.481 e. The summed E-state index contributed by atoms with van der Waals surface area (Å²) in [4.78, 5) is 35.8. The number of rotatable bonds is 6. The molecular weight excluding hydrogens is 331 g/mol. The lowest BCUT2D eigenvalue weighted by Gasteiger charge is -2.18. The third-order valence-electron chi connectivity index (χ3n) is 3.76. The van der Waals surface area contributed by atoms with E-state index in [-0.39, 0.29) is 24.3 Å². The zero-order valence-corrected chi connectivity index (χ0v) is 13.6. The van der Waals surface area contributed by atoms with E-state index in [9.17, 15) is 18.8 Å². The van der Waals surface area contributed by atoms with Gasteiger partial charge in [0.05, 0.1) is 0 Å². The SMILES string of the molecule is O=C(O)CCCNC(=O)N1CCC(NC(=O)Nc2ccc(F)cc2)C1. The molecule has 0 radical (unpaired) electrons. The van der Waals surface area contributed by atoms with Gasteiger partial charge in [0, 0.05) is 37.8 Å². The van der Waals surface area contributed by atoms with Gasteiger partial charge in [0.25, 0.3) is 0 Å². The molecular formula is C16H21FN4O4. The van der Waals surface area contributed by atoms with Gasteiger partial charge in [-0.15, -0.1) is 0 Å². The van der Waals surface area contributed by atoms with Crippen LogP contribution in [-0.2, 0) is 4.79 Å². The van der Waals surface area contributed by atoms with Gasteiger partial charge >= 0.3 is 18.0 Å². The van der Waals surface area contributed by atoms with Crippen LogP contribution >= 0.6 is 0 Å². The molecule has 1 atom stereocenters. The van der Waals surface area contributed by atoms with E-state index in [4.69, 9.17) is 5.11 Å². The average molecular weight is 352 g/mol. The van der Waals surface area contributed by atoms with Crippen LogP contribution in [0.2, 0.25) is 0 Å². The highest BCUT2D eigenvalue weighted by atomic mass is 19.1. The van der Waals surface area contributed by atoms with Gasteiger partial charge < -0.3 is 26.0 Å². The molecule has 1 unspecified atom stereocenters. The fourth-order valence-corrected chi connectivity index (χ4v) is 2.50. The minimum atomic E-state index is -0.896. The van der Waals surface area contributed by atoms with Crippen LogP contribution in [0, 0.1) is 5.82 Å². The standard InChI is InChI=1S/C16H21FN4O4/c17-11-3-5-12(6-4-11)19-15(24)20-13-7-9-21(10-13)16(25)18-8-1-2-14(22)23/h3-6,13H,1-2,7-10H2,(H,18,25)(H,22,23)(H2,19,20,24). The van der Waals surface area contributed by atoms with Gasteiger partial charge in [-0.3, -0.25) is 4.79 Å². The molecule has 1 fully saturated rings. The molecule has 1 aliphatic heterocycles. The van der Waals surface area contributed by atoms with Crippen molar-refractivity contribution in [1.29, 1.82) is 0 Å². The molecule has 136 valence electrons. The highest BCUT2D eigenvalue weighted by Crippen LogP contribution is 2.11. The van der Waals surface area contributed by atoms with Crippen molar-refractivity contribution in [3.05, 3.63) is 30.1 Å². The lowest BCUT2D eigenvalue weighted by atomic mass is 10.3. The van der Waals surface area contributed by atoms with Gasteiger partial charge in [-0.1, -0.05) is 0 Å². The smallest absolute Gasteiger partial charge is 0.319 e. The molecule has 1 heterocycles. The van der Waals surface area contributed by atoms with Gasteiger partial charge in [-0.05, 0) is 37.1 Å². The highest BCUT2D eigenvalue weighted by Gasteiger charge is 2.27. The quantitative estimate of drug-likeness (QED) is 0.583. The van der Waals surface area contributed by atoms with Crippen LogP contribution in [0.3, 0.4) is 0 Å². The lowest BCUT2D eigenvalue weighted by Crippen LogP contribution is -2.43. The van der Waals surface area contributed by atoms with Crippen molar-refractivity contribution >= 4 is 23.7 Å². The Bertz CT molecular complexity index is 623. The predicted molar refractivity (Wildman–Crippen MR) is 88.8 cm³/mol. The summed E-state index contributed by atoms with van der Waals surface area (Å²) >= 11 is 0. The molecule has 1 aliphatic rings. The molecule has 1 aromatic carbocycles. The van der Waals surface area contributed by atoms with Crippen LogP contribution in [-0.4, -0.2) is 53.7 Å². The molecule has 2 rings (SSSR count). The van der Waals surface area contributed by atoms with E-state index in [2.05, 4.69) is 16.0 Å². The van der Waals surface area contributed by atoms with Crippen molar-refractivity contribution in [3.63, 3.8) is 0 Å². The topological polar surface area (TPSA) is 111 Å². The van der Waals surface area contributed by atoms with E-state index in [0.29, 0.717) is 38.2 Å². The number of aliphatic carboxylic acids is 1. The average Bonchev–Trinajstić information content (AvgIpc) is 3.02. The van der Waals surface area contributed by atoms with Crippen LogP contribution in [0.1, 0.15) is 19.3 Å². The van der Waals surface area contributed by atoms with E-state index < -0.39 is 12.0 Å². The second kappa shape index (κ2) is 8.86.